The van der Waals surface area contributed by atoms with Gasteiger partial charge in [0.25, 0.3) is 0 Å². The van der Waals surface area contributed by atoms with Gasteiger partial charge >= 0.3 is 0 Å². The van der Waals surface area contributed by atoms with Crippen LogP contribution in [0.1, 0.15) is 18.5 Å². The van der Waals surface area contributed by atoms with Crippen molar-refractivity contribution < 1.29 is 4.74 Å². The van der Waals surface area contributed by atoms with Gasteiger partial charge in [0.1, 0.15) is 0 Å². The molecule has 1 spiro atoms. The zero-order valence-electron chi connectivity index (χ0n) is 14.3. The predicted molar refractivity (Wildman–Crippen MR) is 90.6 cm³/mol. The third-order valence-corrected chi connectivity index (χ3v) is 5.30. The van der Waals surface area contributed by atoms with Crippen molar-refractivity contribution in [3.63, 3.8) is 0 Å². The van der Waals surface area contributed by atoms with E-state index in [1.165, 1.54) is 5.69 Å². The van der Waals surface area contributed by atoms with E-state index in [1.54, 1.807) is 12.4 Å². The first kappa shape index (κ1) is 15.5. The molecule has 0 amide bonds. The number of aromatic nitrogens is 4. The summed E-state index contributed by atoms with van der Waals surface area (Å²) in [5, 5.41) is 0. The van der Waals surface area contributed by atoms with Crippen LogP contribution in [0.5, 0.6) is 0 Å². The quantitative estimate of drug-likeness (QED) is 0.837. The number of likely N-dealkylation sites (N-methyl/N-ethyl adjacent to an activating group) is 1. The van der Waals surface area contributed by atoms with Crippen molar-refractivity contribution in [2.45, 2.75) is 31.0 Å². The van der Waals surface area contributed by atoms with Crippen LogP contribution < -0.4 is 4.90 Å². The lowest BCUT2D eigenvalue weighted by molar-refractivity contribution is 0.0117. The average Bonchev–Trinajstić information content (AvgIpc) is 3.31. The third-order valence-electron chi connectivity index (χ3n) is 5.30. The highest BCUT2D eigenvalue weighted by Crippen LogP contribution is 2.37. The maximum absolute atomic E-state index is 6.28. The van der Waals surface area contributed by atoms with Crippen LogP contribution >= 0.6 is 0 Å². The van der Waals surface area contributed by atoms with Gasteiger partial charge in [0.15, 0.2) is 0 Å². The number of rotatable bonds is 4. The minimum atomic E-state index is -0.0215. The van der Waals surface area contributed by atoms with E-state index in [9.17, 15) is 0 Å². The van der Waals surface area contributed by atoms with Crippen molar-refractivity contribution in [1.29, 1.82) is 0 Å². The molecule has 2 unspecified atom stereocenters. The number of imidazole rings is 1. The molecule has 2 aliphatic rings. The van der Waals surface area contributed by atoms with E-state index in [0.29, 0.717) is 6.04 Å². The number of ether oxygens (including phenoxy) is 1. The van der Waals surface area contributed by atoms with Crippen LogP contribution in [-0.2, 0) is 18.3 Å². The second-order valence-corrected chi connectivity index (χ2v) is 6.97. The molecule has 2 fully saturated rings. The smallest absolute Gasteiger partial charge is 0.225 e. The van der Waals surface area contributed by atoms with Crippen LogP contribution in [0.2, 0.25) is 0 Å². The summed E-state index contributed by atoms with van der Waals surface area (Å²) >= 11 is 0. The third kappa shape index (κ3) is 2.89. The maximum Gasteiger partial charge on any atom is 0.225 e. The van der Waals surface area contributed by atoms with Gasteiger partial charge in [-0.05, 0) is 12.5 Å². The standard InChI is InChI=1S/C17H24N6O/c1-21-13-18-9-15(21)10-23-7-4-17(12-23)8-14(11-24-17)22(2)16-19-5-3-6-20-16/h3,5-6,9,13-14H,4,7-8,10-12H2,1-2H3. The summed E-state index contributed by atoms with van der Waals surface area (Å²) in [5.41, 5.74) is 1.23. The monoisotopic (exact) mass is 328 g/mol. The summed E-state index contributed by atoms with van der Waals surface area (Å²) in [6.07, 6.45) is 9.50. The molecule has 7 heteroatoms. The van der Waals surface area contributed by atoms with Crippen molar-refractivity contribution in [1.82, 2.24) is 24.4 Å². The highest BCUT2D eigenvalue weighted by molar-refractivity contribution is 5.30. The molecule has 2 atom stereocenters. The normalized spacial score (nSPS) is 27.2. The number of hydrogen-bond donors (Lipinski definition) is 0. The van der Waals surface area contributed by atoms with Crippen molar-refractivity contribution in [3.05, 3.63) is 36.7 Å². The van der Waals surface area contributed by atoms with Gasteiger partial charge in [-0.15, -0.1) is 0 Å². The van der Waals surface area contributed by atoms with E-state index in [2.05, 4.69) is 36.4 Å². The summed E-state index contributed by atoms with van der Waals surface area (Å²) in [7, 11) is 4.11. The van der Waals surface area contributed by atoms with Gasteiger partial charge < -0.3 is 14.2 Å². The minimum Gasteiger partial charge on any atom is -0.371 e. The van der Waals surface area contributed by atoms with E-state index in [4.69, 9.17) is 4.74 Å². The molecule has 4 heterocycles. The van der Waals surface area contributed by atoms with Crippen LogP contribution in [0.3, 0.4) is 0 Å². The molecule has 128 valence electrons. The topological polar surface area (TPSA) is 59.3 Å². The molecular formula is C17H24N6O. The van der Waals surface area contributed by atoms with Crippen LogP contribution in [-0.4, -0.2) is 62.8 Å². The predicted octanol–water partition coefficient (Wildman–Crippen LogP) is 1.08. The summed E-state index contributed by atoms with van der Waals surface area (Å²) in [6.45, 7) is 3.74. The van der Waals surface area contributed by atoms with Gasteiger partial charge in [0, 0.05) is 58.7 Å². The molecule has 7 nitrogen and oxygen atoms in total. The van der Waals surface area contributed by atoms with E-state index in [-0.39, 0.29) is 5.60 Å². The second-order valence-electron chi connectivity index (χ2n) is 6.97. The fraction of sp³-hybridized carbons (Fsp3) is 0.588. The Labute approximate surface area is 142 Å². The molecule has 0 bridgehead atoms. The van der Waals surface area contributed by atoms with E-state index in [1.807, 2.05) is 25.6 Å². The molecule has 2 saturated heterocycles. The van der Waals surface area contributed by atoms with Gasteiger partial charge in [0.2, 0.25) is 5.95 Å². The maximum atomic E-state index is 6.28. The molecule has 0 aliphatic carbocycles. The lowest BCUT2D eigenvalue weighted by Gasteiger charge is -2.26. The van der Waals surface area contributed by atoms with E-state index in [0.717, 1.165) is 45.0 Å². The largest absolute Gasteiger partial charge is 0.371 e. The second kappa shape index (κ2) is 6.14. The Bertz CT molecular complexity index is 689. The Kier molecular flexibility index (Phi) is 3.97. The molecule has 0 aromatic carbocycles. The van der Waals surface area contributed by atoms with Gasteiger partial charge in [-0.2, -0.15) is 0 Å². The molecular weight excluding hydrogens is 304 g/mol. The van der Waals surface area contributed by atoms with Crippen molar-refractivity contribution in [2.75, 3.05) is 31.6 Å². The number of nitrogens with zero attached hydrogens (tertiary/aromatic N) is 6. The Hall–Kier alpha value is -1.99. The summed E-state index contributed by atoms with van der Waals surface area (Å²) in [4.78, 5) is 17.5. The molecule has 2 aromatic heterocycles. The van der Waals surface area contributed by atoms with Crippen LogP contribution in [0.4, 0.5) is 5.95 Å². The fourth-order valence-electron chi connectivity index (χ4n) is 3.82. The Balaban J connectivity index is 1.39. The van der Waals surface area contributed by atoms with Gasteiger partial charge in [-0.3, -0.25) is 4.90 Å². The lowest BCUT2D eigenvalue weighted by Crippen LogP contribution is -2.36. The first-order valence-electron chi connectivity index (χ1n) is 8.47. The summed E-state index contributed by atoms with van der Waals surface area (Å²) in [6, 6.07) is 2.18. The number of hydrogen-bond acceptors (Lipinski definition) is 6. The van der Waals surface area contributed by atoms with Gasteiger partial charge in [-0.25, -0.2) is 15.0 Å². The Morgan fingerprint density at radius 2 is 2.21 bits per heavy atom. The van der Waals surface area contributed by atoms with Crippen molar-refractivity contribution in [3.8, 4) is 0 Å². The minimum absolute atomic E-state index is 0.0215. The van der Waals surface area contributed by atoms with E-state index >= 15 is 0 Å². The molecule has 24 heavy (non-hydrogen) atoms. The first-order chi connectivity index (χ1) is 11.7. The van der Waals surface area contributed by atoms with Crippen LogP contribution in [0.15, 0.2) is 31.0 Å². The summed E-state index contributed by atoms with van der Waals surface area (Å²) < 4.78 is 8.36. The highest BCUT2D eigenvalue weighted by Gasteiger charge is 2.46. The van der Waals surface area contributed by atoms with Gasteiger partial charge in [-0.1, -0.05) is 0 Å². The molecule has 2 aliphatic heterocycles. The Morgan fingerprint density at radius 1 is 1.38 bits per heavy atom. The van der Waals surface area contributed by atoms with E-state index < -0.39 is 0 Å². The zero-order chi connectivity index (χ0) is 16.6. The number of anilines is 1. The van der Waals surface area contributed by atoms with Crippen molar-refractivity contribution >= 4 is 5.95 Å². The first-order valence-corrected chi connectivity index (χ1v) is 8.47. The molecule has 4 rings (SSSR count). The Morgan fingerprint density at radius 3 is 2.96 bits per heavy atom. The lowest BCUT2D eigenvalue weighted by atomic mass is 9.97. The summed E-state index contributed by atoms with van der Waals surface area (Å²) in [5.74, 6) is 0.771. The number of likely N-dealkylation sites (tertiary alicyclic amines) is 1. The highest BCUT2D eigenvalue weighted by atomic mass is 16.5. The zero-order valence-corrected chi connectivity index (χ0v) is 14.3. The average molecular weight is 328 g/mol. The van der Waals surface area contributed by atoms with Crippen LogP contribution in [0, 0.1) is 0 Å². The molecule has 2 aromatic rings. The molecule has 0 radical (unpaired) electrons. The SMILES string of the molecule is CN(c1ncccn1)C1COC2(CCN(Cc3cncn3C)C2)C1. The van der Waals surface area contributed by atoms with Crippen LogP contribution in [0.25, 0.3) is 0 Å². The van der Waals surface area contributed by atoms with Crippen molar-refractivity contribution in [2.24, 2.45) is 7.05 Å². The molecule has 0 saturated carbocycles. The molecule has 0 N–H and O–H groups in total. The van der Waals surface area contributed by atoms with Gasteiger partial charge in [0.05, 0.1) is 30.3 Å². The fourth-order valence-corrected chi connectivity index (χ4v) is 3.82. The number of aryl methyl sites for hydroxylation is 1.